The third-order valence-corrected chi connectivity index (χ3v) is 5.62. The van der Waals surface area contributed by atoms with Crippen molar-refractivity contribution in [3.8, 4) is 11.5 Å². The van der Waals surface area contributed by atoms with E-state index in [0.29, 0.717) is 43.0 Å². The van der Waals surface area contributed by atoms with Crippen LogP contribution in [0.2, 0.25) is 0 Å². The number of carboxylic acids is 1. The molecule has 2 fully saturated rings. The molecule has 2 saturated heterocycles. The third-order valence-electron chi connectivity index (χ3n) is 5.62. The zero-order valence-corrected chi connectivity index (χ0v) is 16.0. The summed E-state index contributed by atoms with van der Waals surface area (Å²) in [6, 6.07) is 4.47. The van der Waals surface area contributed by atoms with Crippen LogP contribution in [0.3, 0.4) is 0 Å². The molecule has 0 bridgehead atoms. The zero-order chi connectivity index (χ0) is 19.4. The molecule has 1 N–H and O–H groups in total. The summed E-state index contributed by atoms with van der Waals surface area (Å²) in [5, 5.41) is 9.90. The minimum atomic E-state index is -0.925. The van der Waals surface area contributed by atoms with Crippen LogP contribution in [0.5, 0.6) is 11.5 Å². The molecule has 7 nitrogen and oxygen atoms in total. The van der Waals surface area contributed by atoms with Gasteiger partial charge >= 0.3 is 5.97 Å². The third kappa shape index (κ3) is 4.03. The number of nitrogens with zero attached hydrogens (tertiary/aromatic N) is 2. The van der Waals surface area contributed by atoms with Gasteiger partial charge in [-0.05, 0) is 31.7 Å². The van der Waals surface area contributed by atoms with Crippen molar-refractivity contribution >= 4 is 11.9 Å². The van der Waals surface area contributed by atoms with Gasteiger partial charge in [0, 0.05) is 37.7 Å². The van der Waals surface area contributed by atoms with Gasteiger partial charge in [-0.2, -0.15) is 0 Å². The number of piperidine rings is 1. The number of aliphatic carboxylic acids is 1. The van der Waals surface area contributed by atoms with E-state index < -0.39 is 12.0 Å². The average Bonchev–Trinajstić information content (AvgIpc) is 3.22. The maximum Gasteiger partial charge on any atom is 0.325 e. The Balaban J connectivity index is 1.74. The molecule has 0 aromatic heterocycles. The highest BCUT2D eigenvalue weighted by Gasteiger charge is 2.36. The summed E-state index contributed by atoms with van der Waals surface area (Å²) in [6.07, 6.45) is 3.54. The summed E-state index contributed by atoms with van der Waals surface area (Å²) in [4.78, 5) is 28.6. The molecule has 27 heavy (non-hydrogen) atoms. The van der Waals surface area contributed by atoms with Crippen molar-refractivity contribution in [2.75, 3.05) is 40.4 Å². The van der Waals surface area contributed by atoms with E-state index in [1.54, 1.807) is 18.2 Å². The maximum atomic E-state index is 12.6. The molecular formula is C20H28N2O5. The monoisotopic (exact) mass is 376 g/mol. The molecule has 7 heteroatoms. The average molecular weight is 376 g/mol. The second kappa shape index (κ2) is 8.61. The normalized spacial score (nSPS) is 19.7. The topological polar surface area (TPSA) is 79.3 Å². The van der Waals surface area contributed by atoms with Gasteiger partial charge < -0.3 is 19.5 Å². The van der Waals surface area contributed by atoms with Crippen LogP contribution < -0.4 is 9.47 Å². The first kappa shape index (κ1) is 19.5. The minimum absolute atomic E-state index is 0.000926. The van der Waals surface area contributed by atoms with Gasteiger partial charge in [0.15, 0.2) is 11.5 Å². The van der Waals surface area contributed by atoms with E-state index in [-0.39, 0.29) is 11.8 Å². The van der Waals surface area contributed by atoms with Crippen LogP contribution in [0.1, 0.15) is 37.3 Å². The molecule has 1 unspecified atom stereocenters. The number of ether oxygens (including phenoxy) is 2. The fraction of sp³-hybridized carbons (Fsp3) is 0.600. The van der Waals surface area contributed by atoms with Gasteiger partial charge in [0.1, 0.15) is 6.04 Å². The smallest absolute Gasteiger partial charge is 0.325 e. The van der Waals surface area contributed by atoms with Crippen LogP contribution in [0, 0.1) is 5.92 Å². The summed E-state index contributed by atoms with van der Waals surface area (Å²) in [6.45, 7) is 2.86. The number of rotatable bonds is 6. The molecule has 148 valence electrons. The molecule has 1 amide bonds. The minimum Gasteiger partial charge on any atom is -0.493 e. The van der Waals surface area contributed by atoms with Gasteiger partial charge in [-0.1, -0.05) is 12.1 Å². The molecule has 2 heterocycles. The number of hydrogen-bond donors (Lipinski definition) is 1. The van der Waals surface area contributed by atoms with Crippen molar-refractivity contribution < 1.29 is 24.2 Å². The second-order valence-electron chi connectivity index (χ2n) is 7.17. The standard InChI is InChI=1S/C20H28N2O5/c1-26-16-7-5-6-15(18(16)27-2)17(20(24)25)21-12-8-14(9-13-21)19(23)22-10-3-4-11-22/h5-7,14,17H,3-4,8-13H2,1-2H3,(H,24,25). The molecule has 0 spiro atoms. The Hall–Kier alpha value is -2.28. The molecule has 2 aliphatic rings. The van der Waals surface area contributed by atoms with Crippen LogP contribution in [0.4, 0.5) is 0 Å². The lowest BCUT2D eigenvalue weighted by atomic mass is 9.92. The summed E-state index contributed by atoms with van der Waals surface area (Å²) >= 11 is 0. The van der Waals surface area contributed by atoms with Gasteiger partial charge in [-0.15, -0.1) is 0 Å². The predicted molar refractivity (Wildman–Crippen MR) is 100 cm³/mol. The van der Waals surface area contributed by atoms with E-state index in [0.717, 1.165) is 25.9 Å². The number of hydrogen-bond acceptors (Lipinski definition) is 5. The van der Waals surface area contributed by atoms with Gasteiger partial charge in [-0.25, -0.2) is 0 Å². The van der Waals surface area contributed by atoms with E-state index in [1.807, 2.05) is 9.80 Å². The highest BCUT2D eigenvalue weighted by Crippen LogP contribution is 2.38. The van der Waals surface area contributed by atoms with Crippen molar-refractivity contribution in [2.24, 2.45) is 5.92 Å². The lowest BCUT2D eigenvalue weighted by Gasteiger charge is -2.36. The van der Waals surface area contributed by atoms with Crippen LogP contribution in [0.25, 0.3) is 0 Å². The molecule has 1 atom stereocenters. The lowest BCUT2D eigenvalue weighted by Crippen LogP contribution is -2.44. The van der Waals surface area contributed by atoms with Gasteiger partial charge in [0.25, 0.3) is 0 Å². The Bertz CT molecular complexity index is 679. The second-order valence-corrected chi connectivity index (χ2v) is 7.17. The van der Waals surface area contributed by atoms with Gasteiger partial charge in [-0.3, -0.25) is 14.5 Å². The summed E-state index contributed by atoms with van der Waals surface area (Å²) in [5.74, 6) is 0.271. The lowest BCUT2D eigenvalue weighted by molar-refractivity contribution is -0.145. The Morgan fingerprint density at radius 3 is 2.30 bits per heavy atom. The first-order valence-electron chi connectivity index (χ1n) is 9.53. The molecule has 1 aromatic carbocycles. The summed E-state index contributed by atoms with van der Waals surface area (Å²) < 4.78 is 10.8. The predicted octanol–water partition coefficient (Wildman–Crippen LogP) is 2.16. The number of likely N-dealkylation sites (tertiary alicyclic amines) is 2. The quantitative estimate of drug-likeness (QED) is 0.820. The van der Waals surface area contributed by atoms with Crippen molar-refractivity contribution in [3.05, 3.63) is 23.8 Å². The van der Waals surface area contributed by atoms with Gasteiger partial charge in [0.2, 0.25) is 5.91 Å². The molecule has 0 aliphatic carbocycles. The van der Waals surface area contributed by atoms with E-state index >= 15 is 0 Å². The number of carbonyl (C=O) groups is 2. The first-order valence-corrected chi connectivity index (χ1v) is 9.53. The number of methoxy groups -OCH3 is 2. The fourth-order valence-corrected chi connectivity index (χ4v) is 4.21. The van der Waals surface area contributed by atoms with E-state index in [2.05, 4.69) is 0 Å². The molecule has 0 radical (unpaired) electrons. The number of amides is 1. The highest BCUT2D eigenvalue weighted by atomic mass is 16.5. The van der Waals surface area contributed by atoms with E-state index in [1.165, 1.54) is 14.2 Å². The first-order chi connectivity index (χ1) is 13.1. The maximum absolute atomic E-state index is 12.6. The van der Waals surface area contributed by atoms with Crippen LogP contribution in [0.15, 0.2) is 18.2 Å². The van der Waals surface area contributed by atoms with E-state index in [4.69, 9.17) is 9.47 Å². The molecule has 2 aliphatic heterocycles. The number of benzene rings is 1. The molecule has 3 rings (SSSR count). The van der Waals surface area contributed by atoms with Crippen LogP contribution >= 0.6 is 0 Å². The number of carboxylic acid groups (broad SMARTS) is 1. The van der Waals surface area contributed by atoms with Gasteiger partial charge in [0.05, 0.1) is 14.2 Å². The van der Waals surface area contributed by atoms with Crippen molar-refractivity contribution in [3.63, 3.8) is 0 Å². The number of carbonyl (C=O) groups excluding carboxylic acids is 1. The molecule has 1 aromatic rings. The summed E-state index contributed by atoms with van der Waals surface area (Å²) in [7, 11) is 3.05. The SMILES string of the molecule is COc1cccc(C(C(=O)O)N2CCC(C(=O)N3CCCC3)CC2)c1OC. The van der Waals surface area contributed by atoms with Crippen LogP contribution in [-0.2, 0) is 9.59 Å². The van der Waals surface area contributed by atoms with Crippen molar-refractivity contribution in [2.45, 2.75) is 31.7 Å². The Kier molecular flexibility index (Phi) is 6.21. The number of para-hydroxylation sites is 1. The zero-order valence-electron chi connectivity index (χ0n) is 16.0. The van der Waals surface area contributed by atoms with Crippen molar-refractivity contribution in [1.29, 1.82) is 0 Å². The largest absolute Gasteiger partial charge is 0.493 e. The Labute approximate surface area is 159 Å². The Morgan fingerprint density at radius 2 is 1.74 bits per heavy atom. The van der Waals surface area contributed by atoms with Crippen LogP contribution in [-0.4, -0.2) is 67.2 Å². The molecular weight excluding hydrogens is 348 g/mol. The highest BCUT2D eigenvalue weighted by molar-refractivity contribution is 5.80. The van der Waals surface area contributed by atoms with Crippen molar-refractivity contribution in [1.82, 2.24) is 9.80 Å². The fourth-order valence-electron chi connectivity index (χ4n) is 4.21. The molecule has 0 saturated carbocycles. The summed E-state index contributed by atoms with van der Waals surface area (Å²) in [5.41, 5.74) is 0.577. The Morgan fingerprint density at radius 1 is 1.07 bits per heavy atom. The van der Waals surface area contributed by atoms with E-state index in [9.17, 15) is 14.7 Å².